The number of hydrazone groups is 1. The SMILES string of the molecule is Cc1cc(C(=O)COC(=O)C2=NN([C@@H]3CCS(=O)(=O)C3)C(=O)CC2)c(C)n1C. The summed E-state index contributed by atoms with van der Waals surface area (Å²) in [5.74, 6) is -1.56. The van der Waals surface area contributed by atoms with Gasteiger partial charge in [0, 0.05) is 36.8 Å². The van der Waals surface area contributed by atoms with E-state index in [9.17, 15) is 22.8 Å². The van der Waals surface area contributed by atoms with Gasteiger partial charge in [0.05, 0.1) is 17.5 Å². The number of hydrogen-bond donors (Lipinski definition) is 0. The van der Waals surface area contributed by atoms with Crippen LogP contribution < -0.4 is 0 Å². The Kier molecular flexibility index (Phi) is 5.42. The minimum absolute atomic E-state index is 0.00108. The fourth-order valence-corrected chi connectivity index (χ4v) is 5.09. The van der Waals surface area contributed by atoms with Crippen molar-refractivity contribution >= 4 is 33.2 Å². The molecule has 0 spiro atoms. The maximum absolute atomic E-state index is 12.4. The Hall–Kier alpha value is -2.49. The van der Waals surface area contributed by atoms with E-state index in [1.165, 1.54) is 0 Å². The topological polar surface area (TPSA) is 115 Å². The number of amides is 1. The van der Waals surface area contributed by atoms with Gasteiger partial charge in [0.1, 0.15) is 5.71 Å². The van der Waals surface area contributed by atoms with Crippen LogP contribution in [0.5, 0.6) is 0 Å². The summed E-state index contributed by atoms with van der Waals surface area (Å²) in [4.78, 5) is 36.8. The quantitative estimate of drug-likeness (QED) is 0.518. The van der Waals surface area contributed by atoms with Gasteiger partial charge in [0.2, 0.25) is 11.7 Å². The lowest BCUT2D eigenvalue weighted by Crippen LogP contribution is -2.42. The number of aromatic nitrogens is 1. The highest BCUT2D eigenvalue weighted by Crippen LogP contribution is 2.22. The van der Waals surface area contributed by atoms with E-state index in [1.807, 2.05) is 25.5 Å². The molecule has 152 valence electrons. The van der Waals surface area contributed by atoms with E-state index in [-0.39, 0.29) is 41.7 Å². The van der Waals surface area contributed by atoms with Gasteiger partial charge in [0.15, 0.2) is 16.4 Å². The normalized spacial score (nSPS) is 21.5. The summed E-state index contributed by atoms with van der Waals surface area (Å²) in [6.07, 6.45) is 0.450. The van der Waals surface area contributed by atoms with E-state index in [2.05, 4.69) is 5.10 Å². The average Bonchev–Trinajstić information content (AvgIpc) is 3.13. The zero-order valence-corrected chi connectivity index (χ0v) is 16.9. The molecular weight excluding hydrogens is 386 g/mol. The molecule has 1 atom stereocenters. The van der Waals surface area contributed by atoms with Crippen LogP contribution in [0.3, 0.4) is 0 Å². The van der Waals surface area contributed by atoms with Crippen LogP contribution in [0.1, 0.15) is 41.0 Å². The van der Waals surface area contributed by atoms with E-state index in [4.69, 9.17) is 4.74 Å². The number of rotatable bonds is 5. The van der Waals surface area contributed by atoms with Gasteiger partial charge in [-0.2, -0.15) is 5.10 Å². The lowest BCUT2D eigenvalue weighted by Gasteiger charge is -2.27. The highest BCUT2D eigenvalue weighted by Gasteiger charge is 2.37. The molecule has 1 aromatic rings. The van der Waals surface area contributed by atoms with Crippen molar-refractivity contribution in [2.45, 2.75) is 39.2 Å². The van der Waals surface area contributed by atoms with Gasteiger partial charge >= 0.3 is 5.97 Å². The smallest absolute Gasteiger partial charge is 0.354 e. The van der Waals surface area contributed by atoms with Crippen LogP contribution in [0.2, 0.25) is 0 Å². The number of hydrogen-bond acceptors (Lipinski definition) is 7. The molecule has 0 saturated carbocycles. The van der Waals surface area contributed by atoms with E-state index in [0.717, 1.165) is 16.4 Å². The number of aryl methyl sites for hydroxylation is 1. The molecule has 0 aliphatic carbocycles. The maximum atomic E-state index is 12.4. The monoisotopic (exact) mass is 409 g/mol. The van der Waals surface area contributed by atoms with Crippen molar-refractivity contribution in [3.63, 3.8) is 0 Å². The van der Waals surface area contributed by atoms with Gasteiger partial charge in [-0.1, -0.05) is 0 Å². The number of carbonyl (C=O) groups is 3. The number of ketones is 1. The van der Waals surface area contributed by atoms with Crippen LogP contribution in [-0.4, -0.2) is 65.5 Å². The van der Waals surface area contributed by atoms with Crippen LogP contribution in [0.25, 0.3) is 0 Å². The lowest BCUT2D eigenvalue weighted by molar-refractivity contribution is -0.136. The van der Waals surface area contributed by atoms with Gasteiger partial charge < -0.3 is 9.30 Å². The molecule has 0 aromatic carbocycles. The van der Waals surface area contributed by atoms with Gasteiger partial charge in [-0.25, -0.2) is 18.2 Å². The number of nitrogens with zero attached hydrogens (tertiary/aromatic N) is 3. The summed E-state index contributed by atoms with van der Waals surface area (Å²) in [5.41, 5.74) is 2.22. The van der Waals surface area contributed by atoms with E-state index in [1.54, 1.807) is 6.07 Å². The number of Topliss-reactive ketones (excluding diaryl/α,β-unsaturated/α-hetero) is 1. The van der Waals surface area contributed by atoms with Crippen LogP contribution in [0, 0.1) is 13.8 Å². The Bertz CT molecular complexity index is 976. The first-order valence-corrected chi connectivity index (χ1v) is 10.8. The predicted octanol–water partition coefficient (Wildman–Crippen LogP) is 0.533. The Morgan fingerprint density at radius 1 is 1.29 bits per heavy atom. The van der Waals surface area contributed by atoms with Gasteiger partial charge in [-0.05, 0) is 26.3 Å². The third-order valence-electron chi connectivity index (χ3n) is 5.26. The zero-order valence-electron chi connectivity index (χ0n) is 16.1. The molecule has 2 aliphatic heterocycles. The average molecular weight is 409 g/mol. The van der Waals surface area contributed by atoms with Crippen molar-refractivity contribution in [2.24, 2.45) is 12.1 Å². The Balaban J connectivity index is 1.66. The lowest BCUT2D eigenvalue weighted by atomic mass is 10.1. The number of sulfone groups is 1. The van der Waals surface area contributed by atoms with Crippen LogP contribution >= 0.6 is 0 Å². The second-order valence-electron chi connectivity index (χ2n) is 7.18. The summed E-state index contributed by atoms with van der Waals surface area (Å²) >= 11 is 0. The summed E-state index contributed by atoms with van der Waals surface area (Å²) in [5, 5.41) is 5.14. The van der Waals surface area contributed by atoms with Gasteiger partial charge in [0.25, 0.3) is 0 Å². The minimum Gasteiger partial charge on any atom is -0.453 e. The highest BCUT2D eigenvalue weighted by molar-refractivity contribution is 7.91. The largest absolute Gasteiger partial charge is 0.453 e. The first kappa shape index (κ1) is 20.2. The summed E-state index contributed by atoms with van der Waals surface area (Å²) in [7, 11) is -1.34. The molecular formula is C18H23N3O6S. The first-order chi connectivity index (χ1) is 13.1. The van der Waals surface area contributed by atoms with Crippen molar-refractivity contribution in [1.29, 1.82) is 0 Å². The fourth-order valence-electron chi connectivity index (χ4n) is 3.40. The summed E-state index contributed by atoms with van der Waals surface area (Å²) in [6, 6.07) is 1.18. The molecule has 0 N–H and O–H groups in total. The maximum Gasteiger partial charge on any atom is 0.354 e. The standard InChI is InChI=1S/C18H23N3O6S/c1-11-8-14(12(2)20(11)3)16(22)9-27-18(24)15-4-5-17(23)21(19-15)13-6-7-28(25,26)10-13/h8,13H,4-7,9-10H2,1-3H3/t13-/m1/s1. The Morgan fingerprint density at radius 2 is 2.00 bits per heavy atom. The molecule has 1 fully saturated rings. The molecule has 1 aromatic heterocycles. The van der Waals surface area contributed by atoms with Crippen molar-refractivity contribution < 1.29 is 27.5 Å². The number of esters is 1. The molecule has 3 heterocycles. The molecule has 28 heavy (non-hydrogen) atoms. The second-order valence-corrected chi connectivity index (χ2v) is 9.41. The summed E-state index contributed by atoms with van der Waals surface area (Å²) < 4.78 is 30.3. The van der Waals surface area contributed by atoms with Crippen LogP contribution in [0.4, 0.5) is 0 Å². The molecule has 0 unspecified atom stereocenters. The molecule has 10 heteroatoms. The Morgan fingerprint density at radius 3 is 2.57 bits per heavy atom. The van der Waals surface area contributed by atoms with Gasteiger partial charge in [-0.3, -0.25) is 9.59 Å². The number of carbonyl (C=O) groups excluding carboxylic acids is 3. The second kappa shape index (κ2) is 7.50. The predicted molar refractivity (Wildman–Crippen MR) is 101 cm³/mol. The number of ether oxygens (including phenoxy) is 1. The highest BCUT2D eigenvalue weighted by atomic mass is 32.2. The van der Waals surface area contributed by atoms with E-state index in [0.29, 0.717) is 12.0 Å². The van der Waals surface area contributed by atoms with Crippen molar-refractivity contribution in [2.75, 3.05) is 18.1 Å². The molecule has 9 nitrogen and oxygen atoms in total. The third-order valence-corrected chi connectivity index (χ3v) is 7.01. The van der Waals surface area contributed by atoms with E-state index < -0.39 is 28.5 Å². The molecule has 1 amide bonds. The van der Waals surface area contributed by atoms with Crippen LogP contribution in [-0.2, 0) is 31.2 Å². The fraction of sp³-hybridized carbons (Fsp3) is 0.556. The van der Waals surface area contributed by atoms with Gasteiger partial charge in [-0.15, -0.1) is 0 Å². The zero-order chi connectivity index (χ0) is 20.6. The molecule has 3 rings (SSSR count). The van der Waals surface area contributed by atoms with Crippen LogP contribution in [0.15, 0.2) is 11.2 Å². The van der Waals surface area contributed by atoms with Crippen molar-refractivity contribution in [1.82, 2.24) is 9.58 Å². The van der Waals surface area contributed by atoms with Crippen molar-refractivity contribution in [3.8, 4) is 0 Å². The molecule has 1 saturated heterocycles. The molecule has 0 radical (unpaired) electrons. The van der Waals surface area contributed by atoms with Crippen molar-refractivity contribution in [3.05, 3.63) is 23.0 Å². The summed E-state index contributed by atoms with van der Waals surface area (Å²) in [6.45, 7) is 3.27. The van der Waals surface area contributed by atoms with E-state index >= 15 is 0 Å². The Labute approximate surface area is 163 Å². The molecule has 0 bridgehead atoms. The first-order valence-electron chi connectivity index (χ1n) is 9.02. The molecule has 2 aliphatic rings. The third kappa shape index (κ3) is 4.01. The minimum atomic E-state index is -3.19.